The third-order valence-electron chi connectivity index (χ3n) is 5.44. The monoisotopic (exact) mass is 386 g/mol. The average Bonchev–Trinajstić information content (AvgIpc) is 3.29. The number of aryl methyl sites for hydroxylation is 1. The van der Waals surface area contributed by atoms with Gasteiger partial charge in [0.25, 0.3) is 0 Å². The lowest BCUT2D eigenvalue weighted by Crippen LogP contribution is -2.35. The number of ether oxygens (including phenoxy) is 1. The van der Waals surface area contributed by atoms with Crippen molar-refractivity contribution in [3.8, 4) is 5.75 Å². The van der Waals surface area contributed by atoms with E-state index < -0.39 is 0 Å². The molecule has 1 aliphatic rings. The zero-order valence-electron chi connectivity index (χ0n) is 16.4. The van der Waals surface area contributed by atoms with Gasteiger partial charge in [-0.3, -0.25) is 4.79 Å². The summed E-state index contributed by atoms with van der Waals surface area (Å²) in [7, 11) is 0. The van der Waals surface area contributed by atoms with Crippen molar-refractivity contribution in [2.45, 2.75) is 45.6 Å². The minimum atomic E-state index is -0.161. The molecule has 1 aliphatic carbocycles. The van der Waals surface area contributed by atoms with Gasteiger partial charge in [0.2, 0.25) is 5.91 Å². The highest BCUT2D eigenvalue weighted by Crippen LogP contribution is 2.49. The first-order chi connectivity index (χ1) is 13.0. The molecule has 0 radical (unpaired) electrons. The van der Waals surface area contributed by atoms with Crippen LogP contribution in [0.15, 0.2) is 35.7 Å². The van der Waals surface area contributed by atoms with Crippen LogP contribution in [0.3, 0.4) is 0 Å². The third-order valence-corrected chi connectivity index (χ3v) is 6.44. The molecule has 1 heterocycles. The lowest BCUT2D eigenvalue weighted by atomic mass is 10.0. The van der Waals surface area contributed by atoms with Crippen LogP contribution in [0.2, 0.25) is 0 Å². The molecular weight excluding hydrogens is 356 g/mol. The Morgan fingerprint density at radius 3 is 2.85 bits per heavy atom. The second kappa shape index (κ2) is 8.89. The molecule has 4 atom stereocenters. The molecule has 27 heavy (non-hydrogen) atoms. The van der Waals surface area contributed by atoms with E-state index in [0.717, 1.165) is 36.3 Å². The molecule has 4 unspecified atom stereocenters. The van der Waals surface area contributed by atoms with Crippen molar-refractivity contribution in [3.05, 3.63) is 51.7 Å². The first kappa shape index (κ1) is 19.9. The van der Waals surface area contributed by atoms with Gasteiger partial charge in [-0.25, -0.2) is 0 Å². The van der Waals surface area contributed by atoms with Gasteiger partial charge in [-0.2, -0.15) is 0 Å². The molecule has 146 valence electrons. The molecule has 1 aromatic carbocycles. The summed E-state index contributed by atoms with van der Waals surface area (Å²) >= 11 is 1.73. The van der Waals surface area contributed by atoms with Crippen LogP contribution < -0.4 is 15.8 Å². The number of benzene rings is 1. The predicted octanol–water partition coefficient (Wildman–Crippen LogP) is 4.40. The zero-order valence-corrected chi connectivity index (χ0v) is 17.2. The van der Waals surface area contributed by atoms with E-state index >= 15 is 0 Å². The van der Waals surface area contributed by atoms with Gasteiger partial charge >= 0.3 is 0 Å². The topological polar surface area (TPSA) is 64.3 Å². The maximum Gasteiger partial charge on any atom is 0.224 e. The number of nitrogens with two attached hydrogens (primary N) is 1. The fraction of sp³-hybridized carbons (Fsp3) is 0.500. The largest absolute Gasteiger partial charge is 0.493 e. The van der Waals surface area contributed by atoms with Gasteiger partial charge in [-0.1, -0.05) is 32.4 Å². The van der Waals surface area contributed by atoms with Crippen molar-refractivity contribution in [1.29, 1.82) is 0 Å². The second-order valence-corrected chi connectivity index (χ2v) is 8.58. The Morgan fingerprint density at radius 2 is 2.22 bits per heavy atom. The summed E-state index contributed by atoms with van der Waals surface area (Å²) in [6.45, 7) is 7.50. The van der Waals surface area contributed by atoms with E-state index in [9.17, 15) is 4.79 Å². The van der Waals surface area contributed by atoms with Crippen LogP contribution in [0.5, 0.6) is 5.75 Å². The Balaban J connectivity index is 1.61. The summed E-state index contributed by atoms with van der Waals surface area (Å²) in [5, 5.41) is 5.23. The van der Waals surface area contributed by atoms with Gasteiger partial charge in [0.15, 0.2) is 0 Å². The highest BCUT2D eigenvalue weighted by atomic mass is 32.1. The number of carbonyl (C=O) groups is 1. The molecule has 4 nitrogen and oxygen atoms in total. The van der Waals surface area contributed by atoms with E-state index in [1.807, 2.05) is 31.2 Å². The van der Waals surface area contributed by atoms with Gasteiger partial charge in [-0.05, 0) is 54.0 Å². The summed E-state index contributed by atoms with van der Waals surface area (Å²) in [5.74, 6) is 1.98. The van der Waals surface area contributed by atoms with E-state index in [4.69, 9.17) is 10.5 Å². The summed E-state index contributed by atoms with van der Waals surface area (Å²) in [6.07, 6.45) is 2.04. The highest BCUT2D eigenvalue weighted by molar-refractivity contribution is 7.10. The summed E-state index contributed by atoms with van der Waals surface area (Å²) in [5.41, 5.74) is 8.14. The van der Waals surface area contributed by atoms with Crippen LogP contribution in [0.1, 0.15) is 54.7 Å². The number of hydrogen-bond acceptors (Lipinski definition) is 4. The van der Waals surface area contributed by atoms with Crippen LogP contribution in [0.4, 0.5) is 0 Å². The molecule has 1 aromatic heterocycles. The normalized spacial score (nSPS) is 20.7. The Morgan fingerprint density at radius 1 is 1.41 bits per heavy atom. The van der Waals surface area contributed by atoms with Crippen molar-refractivity contribution in [1.82, 2.24) is 5.32 Å². The van der Waals surface area contributed by atoms with Gasteiger partial charge < -0.3 is 15.8 Å². The molecule has 1 amide bonds. The first-order valence-corrected chi connectivity index (χ1v) is 10.7. The smallest absolute Gasteiger partial charge is 0.224 e. The number of hydrogen-bond donors (Lipinski definition) is 2. The maximum absolute atomic E-state index is 12.7. The van der Waals surface area contributed by atoms with Crippen LogP contribution in [-0.4, -0.2) is 19.1 Å². The van der Waals surface area contributed by atoms with Crippen molar-refractivity contribution in [2.75, 3.05) is 13.2 Å². The summed E-state index contributed by atoms with van der Waals surface area (Å²) in [4.78, 5) is 14.0. The minimum absolute atomic E-state index is 0.0798. The number of carbonyl (C=O) groups excluding carboxylic acids is 1. The molecule has 0 spiro atoms. The standard InChI is InChI=1S/C22H30N2O2S/c1-4-14(2)13-26-16-7-8-17(15(3)10-16)20(12-23)24-22(25)19-11-18(19)21-6-5-9-27-21/h5-10,14,18-20H,4,11-13,23H2,1-3H3,(H,24,25). The quantitative estimate of drug-likeness (QED) is 0.671. The Labute approximate surface area is 166 Å². The van der Waals surface area contributed by atoms with E-state index in [1.54, 1.807) is 11.3 Å². The first-order valence-electron chi connectivity index (χ1n) is 9.80. The zero-order chi connectivity index (χ0) is 19.4. The lowest BCUT2D eigenvalue weighted by Gasteiger charge is -2.20. The Hall–Kier alpha value is -1.85. The second-order valence-electron chi connectivity index (χ2n) is 7.60. The van der Waals surface area contributed by atoms with Crippen molar-refractivity contribution >= 4 is 17.2 Å². The Bertz CT molecular complexity index is 760. The van der Waals surface area contributed by atoms with E-state index in [-0.39, 0.29) is 17.9 Å². The fourth-order valence-electron chi connectivity index (χ4n) is 3.33. The van der Waals surface area contributed by atoms with Gasteiger partial charge in [0.1, 0.15) is 5.75 Å². The molecule has 5 heteroatoms. The molecule has 3 N–H and O–H groups in total. The number of amides is 1. The summed E-state index contributed by atoms with van der Waals surface area (Å²) < 4.78 is 5.88. The van der Waals surface area contributed by atoms with Crippen molar-refractivity contribution in [3.63, 3.8) is 0 Å². The molecule has 0 bridgehead atoms. The van der Waals surface area contributed by atoms with Crippen molar-refractivity contribution < 1.29 is 9.53 Å². The number of nitrogens with one attached hydrogen (secondary N) is 1. The maximum atomic E-state index is 12.7. The van der Waals surface area contributed by atoms with Crippen LogP contribution in [-0.2, 0) is 4.79 Å². The molecule has 0 aliphatic heterocycles. The van der Waals surface area contributed by atoms with E-state index in [0.29, 0.717) is 18.4 Å². The highest BCUT2D eigenvalue weighted by Gasteiger charge is 2.45. The molecule has 1 saturated carbocycles. The molecule has 2 aromatic rings. The number of rotatable bonds is 9. The molecule has 0 saturated heterocycles. The average molecular weight is 387 g/mol. The van der Waals surface area contributed by atoms with Gasteiger partial charge in [-0.15, -0.1) is 11.3 Å². The van der Waals surface area contributed by atoms with Crippen LogP contribution in [0, 0.1) is 18.8 Å². The third kappa shape index (κ3) is 4.90. The van der Waals surface area contributed by atoms with Crippen molar-refractivity contribution in [2.24, 2.45) is 17.6 Å². The van der Waals surface area contributed by atoms with E-state index in [1.165, 1.54) is 4.88 Å². The Kier molecular flexibility index (Phi) is 6.55. The molecule has 3 rings (SSSR count). The minimum Gasteiger partial charge on any atom is -0.493 e. The lowest BCUT2D eigenvalue weighted by molar-refractivity contribution is -0.123. The van der Waals surface area contributed by atoms with E-state index in [2.05, 4.69) is 30.6 Å². The number of thiophene rings is 1. The fourth-order valence-corrected chi connectivity index (χ4v) is 4.24. The van der Waals surface area contributed by atoms with Crippen LogP contribution in [0.25, 0.3) is 0 Å². The van der Waals surface area contributed by atoms with Gasteiger partial charge in [0, 0.05) is 23.3 Å². The SMILES string of the molecule is CCC(C)COc1ccc(C(CN)NC(=O)C2CC2c2cccs2)c(C)c1. The molecule has 1 fully saturated rings. The summed E-state index contributed by atoms with van der Waals surface area (Å²) in [6, 6.07) is 10.0. The molecular formula is C22H30N2O2S. The van der Waals surface area contributed by atoms with Gasteiger partial charge in [0.05, 0.1) is 12.6 Å². The predicted molar refractivity (Wildman–Crippen MR) is 111 cm³/mol. The van der Waals surface area contributed by atoms with Crippen LogP contribution >= 0.6 is 11.3 Å².